The fourth-order valence-corrected chi connectivity index (χ4v) is 4.28. The van der Waals surface area contributed by atoms with Crippen LogP contribution < -0.4 is 0 Å². The lowest BCUT2D eigenvalue weighted by Crippen LogP contribution is -2.45. The molecule has 4 nitrogen and oxygen atoms in total. The quantitative estimate of drug-likeness (QED) is 0.747. The van der Waals surface area contributed by atoms with E-state index in [2.05, 4.69) is 0 Å². The van der Waals surface area contributed by atoms with Crippen molar-refractivity contribution in [2.75, 3.05) is 12.9 Å². The molecule has 2 atom stereocenters. The van der Waals surface area contributed by atoms with E-state index < -0.39 is 12.0 Å². The Morgan fingerprint density at radius 3 is 2.56 bits per heavy atom. The van der Waals surface area contributed by atoms with Crippen LogP contribution in [0.15, 0.2) is 54.6 Å². The average Bonchev–Trinajstić information content (AvgIpc) is 3.02. The van der Waals surface area contributed by atoms with Gasteiger partial charge in [-0.3, -0.25) is 4.79 Å². The molecule has 1 aliphatic rings. The third-order valence-electron chi connectivity index (χ3n) is 4.14. The molecule has 1 aliphatic heterocycles. The van der Waals surface area contributed by atoms with Gasteiger partial charge >= 0.3 is 5.97 Å². The Morgan fingerprint density at radius 1 is 1.24 bits per heavy atom. The number of thioether (sulfide) groups is 1. The van der Waals surface area contributed by atoms with Crippen molar-refractivity contribution in [3.8, 4) is 0 Å². The summed E-state index contributed by atoms with van der Waals surface area (Å²) in [5.74, 6) is -0.120. The van der Waals surface area contributed by atoms with E-state index in [1.54, 1.807) is 17.0 Å². The van der Waals surface area contributed by atoms with Crippen LogP contribution in [-0.4, -0.2) is 35.7 Å². The van der Waals surface area contributed by atoms with Gasteiger partial charge in [-0.15, -0.1) is 11.8 Å². The molecule has 2 unspecified atom stereocenters. The van der Waals surface area contributed by atoms with Crippen LogP contribution >= 0.6 is 23.4 Å². The van der Waals surface area contributed by atoms with Gasteiger partial charge in [0, 0.05) is 11.4 Å². The Hall–Kier alpha value is -1.98. The number of rotatable bonds is 5. The monoisotopic (exact) mass is 375 g/mol. The number of hydrogen-bond acceptors (Lipinski definition) is 4. The number of ether oxygens (including phenoxy) is 1. The predicted octanol–water partition coefficient (Wildman–Crippen LogP) is 3.70. The topological polar surface area (TPSA) is 46.6 Å². The number of carbonyl (C=O) groups is 2. The van der Waals surface area contributed by atoms with Crippen LogP contribution in [0.1, 0.15) is 16.5 Å². The lowest BCUT2D eigenvalue weighted by atomic mass is 10.0. The second kappa shape index (κ2) is 7.93. The van der Waals surface area contributed by atoms with Crippen LogP contribution in [0.2, 0.25) is 5.02 Å². The van der Waals surface area contributed by atoms with Crippen LogP contribution in [-0.2, 0) is 20.7 Å². The number of benzene rings is 2. The molecule has 0 N–H and O–H groups in total. The van der Waals surface area contributed by atoms with Gasteiger partial charge < -0.3 is 9.64 Å². The van der Waals surface area contributed by atoms with Crippen molar-refractivity contribution in [2.45, 2.75) is 17.8 Å². The van der Waals surface area contributed by atoms with Gasteiger partial charge in [0.05, 0.1) is 12.9 Å². The molecule has 2 aromatic rings. The van der Waals surface area contributed by atoms with Gasteiger partial charge in [-0.05, 0) is 23.3 Å². The zero-order valence-corrected chi connectivity index (χ0v) is 15.3. The molecule has 1 amide bonds. The van der Waals surface area contributed by atoms with Crippen LogP contribution in [0.25, 0.3) is 0 Å². The zero-order valence-electron chi connectivity index (χ0n) is 13.7. The second-order valence-electron chi connectivity index (χ2n) is 5.74. The molecule has 0 saturated carbocycles. The summed E-state index contributed by atoms with van der Waals surface area (Å²) in [6, 6.07) is 16.4. The highest BCUT2D eigenvalue weighted by molar-refractivity contribution is 8.00. The van der Waals surface area contributed by atoms with E-state index in [4.69, 9.17) is 16.3 Å². The summed E-state index contributed by atoms with van der Waals surface area (Å²) in [4.78, 5) is 26.6. The SMILES string of the molecule is COC(=O)C(Cc1ccccc1)N1C(=O)CSC1c1ccc(Cl)cc1. The molecule has 0 bridgehead atoms. The summed E-state index contributed by atoms with van der Waals surface area (Å²) in [5.41, 5.74) is 1.93. The van der Waals surface area contributed by atoms with Gasteiger partial charge in [0.25, 0.3) is 0 Å². The summed E-state index contributed by atoms with van der Waals surface area (Å²) in [5, 5.41) is 0.413. The first-order chi connectivity index (χ1) is 12.1. The molecule has 130 valence electrons. The van der Waals surface area contributed by atoms with Crippen molar-refractivity contribution in [3.63, 3.8) is 0 Å². The highest BCUT2D eigenvalue weighted by Crippen LogP contribution is 2.41. The lowest BCUT2D eigenvalue weighted by molar-refractivity contribution is -0.152. The largest absolute Gasteiger partial charge is 0.467 e. The Balaban J connectivity index is 1.92. The number of halogens is 1. The predicted molar refractivity (Wildman–Crippen MR) is 99.4 cm³/mol. The normalized spacial score (nSPS) is 18.2. The highest BCUT2D eigenvalue weighted by atomic mass is 35.5. The molecule has 6 heteroatoms. The number of carbonyl (C=O) groups excluding carboxylic acids is 2. The van der Waals surface area contributed by atoms with Crippen molar-refractivity contribution < 1.29 is 14.3 Å². The first-order valence-corrected chi connectivity index (χ1v) is 9.33. The molecule has 3 rings (SSSR count). The second-order valence-corrected chi connectivity index (χ2v) is 7.25. The van der Waals surface area contributed by atoms with E-state index in [0.717, 1.165) is 11.1 Å². The van der Waals surface area contributed by atoms with E-state index in [0.29, 0.717) is 17.2 Å². The van der Waals surface area contributed by atoms with Gasteiger partial charge in [-0.1, -0.05) is 54.1 Å². The van der Waals surface area contributed by atoms with Crippen LogP contribution in [0, 0.1) is 0 Å². The average molecular weight is 376 g/mol. The minimum atomic E-state index is -0.657. The molecule has 2 aromatic carbocycles. The summed E-state index contributed by atoms with van der Waals surface area (Å²) in [6.45, 7) is 0. The fraction of sp³-hybridized carbons (Fsp3) is 0.263. The standard InChI is InChI=1S/C19H18ClNO3S/c1-24-19(23)16(11-13-5-3-2-4-6-13)21-17(22)12-25-18(21)14-7-9-15(20)10-8-14/h2-10,16,18H,11-12H2,1H3. The summed E-state index contributed by atoms with van der Waals surface area (Å²) in [6.07, 6.45) is 0.421. The summed E-state index contributed by atoms with van der Waals surface area (Å²) < 4.78 is 4.99. The van der Waals surface area contributed by atoms with Crippen LogP contribution in [0.4, 0.5) is 0 Å². The van der Waals surface area contributed by atoms with Crippen molar-refractivity contribution >= 4 is 35.2 Å². The maximum Gasteiger partial charge on any atom is 0.328 e. The minimum Gasteiger partial charge on any atom is -0.467 e. The molecule has 0 radical (unpaired) electrons. The smallest absolute Gasteiger partial charge is 0.328 e. The van der Waals surface area contributed by atoms with Crippen molar-refractivity contribution in [3.05, 3.63) is 70.7 Å². The molecular formula is C19H18ClNO3S. The third kappa shape index (κ3) is 3.99. The van der Waals surface area contributed by atoms with Gasteiger partial charge in [0.1, 0.15) is 11.4 Å². The molecule has 1 saturated heterocycles. The lowest BCUT2D eigenvalue weighted by Gasteiger charge is -2.31. The van der Waals surface area contributed by atoms with Gasteiger partial charge in [-0.2, -0.15) is 0 Å². The number of amides is 1. The van der Waals surface area contributed by atoms with Gasteiger partial charge in [-0.25, -0.2) is 4.79 Å². The number of methoxy groups -OCH3 is 1. The first kappa shape index (κ1) is 17.8. The number of nitrogens with zero attached hydrogens (tertiary/aromatic N) is 1. The third-order valence-corrected chi connectivity index (χ3v) is 5.62. The Labute approximate surface area is 156 Å². The molecule has 1 heterocycles. The molecule has 1 fully saturated rings. The summed E-state index contributed by atoms with van der Waals surface area (Å²) >= 11 is 7.47. The number of hydrogen-bond donors (Lipinski definition) is 0. The van der Waals surface area contributed by atoms with Gasteiger partial charge in [0.15, 0.2) is 0 Å². The number of esters is 1. The molecule has 0 aromatic heterocycles. The Morgan fingerprint density at radius 2 is 1.92 bits per heavy atom. The zero-order chi connectivity index (χ0) is 17.8. The molecule has 25 heavy (non-hydrogen) atoms. The minimum absolute atomic E-state index is 0.0590. The molecular weight excluding hydrogens is 358 g/mol. The van der Waals surface area contributed by atoms with Crippen LogP contribution in [0.3, 0.4) is 0 Å². The van der Waals surface area contributed by atoms with Crippen molar-refractivity contribution in [1.82, 2.24) is 4.90 Å². The van der Waals surface area contributed by atoms with E-state index in [9.17, 15) is 9.59 Å². The summed E-state index contributed by atoms with van der Waals surface area (Å²) in [7, 11) is 1.35. The van der Waals surface area contributed by atoms with E-state index >= 15 is 0 Å². The van der Waals surface area contributed by atoms with Crippen molar-refractivity contribution in [1.29, 1.82) is 0 Å². The maximum absolute atomic E-state index is 12.5. The Bertz CT molecular complexity index is 751. The Kier molecular flexibility index (Phi) is 5.66. The van der Waals surface area contributed by atoms with Gasteiger partial charge in [0.2, 0.25) is 5.91 Å². The van der Waals surface area contributed by atoms with Crippen LogP contribution in [0.5, 0.6) is 0 Å². The van der Waals surface area contributed by atoms with E-state index in [1.807, 2.05) is 42.5 Å². The van der Waals surface area contributed by atoms with Crippen molar-refractivity contribution in [2.24, 2.45) is 0 Å². The maximum atomic E-state index is 12.5. The fourth-order valence-electron chi connectivity index (χ4n) is 2.93. The van der Waals surface area contributed by atoms with E-state index in [-0.39, 0.29) is 11.3 Å². The molecule has 0 aliphatic carbocycles. The first-order valence-electron chi connectivity index (χ1n) is 7.90. The highest BCUT2D eigenvalue weighted by Gasteiger charge is 2.41. The van der Waals surface area contributed by atoms with E-state index in [1.165, 1.54) is 18.9 Å². The molecule has 0 spiro atoms.